The summed E-state index contributed by atoms with van der Waals surface area (Å²) in [5.41, 5.74) is 7.21. The predicted molar refractivity (Wildman–Crippen MR) is 78.1 cm³/mol. The fourth-order valence-corrected chi connectivity index (χ4v) is 2.84. The molecule has 0 amide bonds. The summed E-state index contributed by atoms with van der Waals surface area (Å²) in [6.45, 7) is 5.69. The van der Waals surface area contributed by atoms with Gasteiger partial charge in [0.05, 0.1) is 5.69 Å². The highest BCUT2D eigenvalue weighted by atomic mass is 19.1. The molecule has 1 unspecified atom stereocenters. The molecule has 0 aliphatic carbocycles. The Morgan fingerprint density at radius 1 is 1.37 bits per heavy atom. The Kier molecular flexibility index (Phi) is 4.77. The van der Waals surface area contributed by atoms with Gasteiger partial charge in [-0.3, -0.25) is 0 Å². The van der Waals surface area contributed by atoms with Gasteiger partial charge in [0.2, 0.25) is 0 Å². The number of nitrogens with two attached hydrogens (primary N) is 1. The van der Waals surface area contributed by atoms with E-state index >= 15 is 0 Å². The van der Waals surface area contributed by atoms with Crippen LogP contribution in [-0.4, -0.2) is 44.2 Å². The smallest absolute Gasteiger partial charge is 0.146 e. The van der Waals surface area contributed by atoms with E-state index in [1.54, 1.807) is 6.07 Å². The third kappa shape index (κ3) is 3.45. The first-order chi connectivity index (χ1) is 9.11. The van der Waals surface area contributed by atoms with Crippen molar-refractivity contribution in [2.45, 2.75) is 25.8 Å². The number of hydrogen-bond acceptors (Lipinski definition) is 3. The Morgan fingerprint density at radius 3 is 2.84 bits per heavy atom. The molecule has 1 aromatic rings. The molecule has 0 aromatic heterocycles. The van der Waals surface area contributed by atoms with Crippen molar-refractivity contribution >= 4 is 5.69 Å². The quantitative estimate of drug-likeness (QED) is 0.905. The van der Waals surface area contributed by atoms with E-state index in [4.69, 9.17) is 5.73 Å². The summed E-state index contributed by atoms with van der Waals surface area (Å²) in [6, 6.07) is 5.86. The van der Waals surface area contributed by atoms with Crippen molar-refractivity contribution in [3.63, 3.8) is 0 Å². The van der Waals surface area contributed by atoms with E-state index in [2.05, 4.69) is 23.8 Å². The van der Waals surface area contributed by atoms with E-state index < -0.39 is 0 Å². The molecule has 1 fully saturated rings. The summed E-state index contributed by atoms with van der Waals surface area (Å²) < 4.78 is 14.3. The number of rotatable bonds is 3. The van der Waals surface area contributed by atoms with Crippen LogP contribution in [0, 0.1) is 5.82 Å². The Balaban J connectivity index is 2.20. The van der Waals surface area contributed by atoms with Crippen LogP contribution in [0.1, 0.15) is 18.9 Å². The van der Waals surface area contributed by atoms with Crippen LogP contribution < -0.4 is 10.6 Å². The molecule has 2 rings (SSSR count). The van der Waals surface area contributed by atoms with Crippen LogP contribution in [0.5, 0.6) is 0 Å². The van der Waals surface area contributed by atoms with E-state index in [-0.39, 0.29) is 5.82 Å². The van der Waals surface area contributed by atoms with Crippen LogP contribution >= 0.6 is 0 Å². The number of benzene rings is 1. The van der Waals surface area contributed by atoms with Crippen LogP contribution in [0.15, 0.2) is 18.2 Å². The zero-order valence-corrected chi connectivity index (χ0v) is 11.9. The van der Waals surface area contributed by atoms with E-state index in [1.807, 2.05) is 12.1 Å². The molecular formula is C15H24FN3. The Hall–Kier alpha value is -1.13. The second kappa shape index (κ2) is 6.35. The average molecular weight is 265 g/mol. The van der Waals surface area contributed by atoms with E-state index in [1.165, 1.54) is 0 Å². The van der Waals surface area contributed by atoms with E-state index in [9.17, 15) is 4.39 Å². The van der Waals surface area contributed by atoms with Gasteiger partial charge in [0.25, 0.3) is 0 Å². The van der Waals surface area contributed by atoms with Gasteiger partial charge in [-0.25, -0.2) is 4.39 Å². The third-order valence-electron chi connectivity index (χ3n) is 3.80. The van der Waals surface area contributed by atoms with E-state index in [0.717, 1.165) is 43.7 Å². The maximum absolute atomic E-state index is 14.3. The van der Waals surface area contributed by atoms with Crippen LogP contribution in [0.3, 0.4) is 0 Å². The second-order valence-electron chi connectivity index (χ2n) is 5.48. The monoisotopic (exact) mass is 265 g/mol. The van der Waals surface area contributed by atoms with Crippen LogP contribution in [0.2, 0.25) is 0 Å². The van der Waals surface area contributed by atoms with E-state index in [0.29, 0.717) is 12.6 Å². The van der Waals surface area contributed by atoms with Gasteiger partial charge in [-0.05, 0) is 57.6 Å². The van der Waals surface area contributed by atoms with Gasteiger partial charge >= 0.3 is 0 Å². The molecule has 1 aliphatic heterocycles. The van der Waals surface area contributed by atoms with Gasteiger partial charge in [0.15, 0.2) is 0 Å². The number of likely N-dealkylation sites (N-methyl/N-ethyl adjacent to an activating group) is 1. The summed E-state index contributed by atoms with van der Waals surface area (Å²) in [6.07, 6.45) is 1.81. The lowest BCUT2D eigenvalue weighted by molar-refractivity contribution is 0.337. The summed E-state index contributed by atoms with van der Waals surface area (Å²) in [5.74, 6) is -0.123. The molecule has 1 aromatic carbocycles. The fourth-order valence-electron chi connectivity index (χ4n) is 2.84. The molecule has 0 radical (unpaired) electrons. The minimum Gasteiger partial charge on any atom is -0.365 e. The zero-order chi connectivity index (χ0) is 13.8. The van der Waals surface area contributed by atoms with Crippen LogP contribution in [0.4, 0.5) is 10.1 Å². The molecule has 19 heavy (non-hydrogen) atoms. The molecule has 3 nitrogen and oxygen atoms in total. The highest BCUT2D eigenvalue weighted by molar-refractivity contribution is 5.50. The summed E-state index contributed by atoms with van der Waals surface area (Å²) in [5, 5.41) is 0. The summed E-state index contributed by atoms with van der Waals surface area (Å²) >= 11 is 0. The topological polar surface area (TPSA) is 32.5 Å². The highest BCUT2D eigenvalue weighted by Crippen LogP contribution is 2.24. The largest absolute Gasteiger partial charge is 0.365 e. The third-order valence-corrected chi connectivity index (χ3v) is 3.80. The maximum atomic E-state index is 14.3. The number of anilines is 1. The average Bonchev–Trinajstić information content (AvgIpc) is 2.51. The van der Waals surface area contributed by atoms with Crippen LogP contribution in [-0.2, 0) is 6.42 Å². The van der Waals surface area contributed by atoms with Gasteiger partial charge in [-0.15, -0.1) is 0 Å². The highest BCUT2D eigenvalue weighted by Gasteiger charge is 2.22. The van der Waals surface area contributed by atoms with Crippen molar-refractivity contribution in [3.8, 4) is 0 Å². The molecular weight excluding hydrogens is 241 g/mol. The minimum atomic E-state index is -0.123. The van der Waals surface area contributed by atoms with Crippen molar-refractivity contribution in [1.29, 1.82) is 0 Å². The predicted octanol–water partition coefficient (Wildman–Crippen LogP) is 1.86. The van der Waals surface area contributed by atoms with Crippen molar-refractivity contribution in [3.05, 3.63) is 29.6 Å². The molecule has 2 N–H and O–H groups in total. The molecule has 1 heterocycles. The fraction of sp³-hybridized carbons (Fsp3) is 0.600. The molecule has 1 aliphatic rings. The lowest BCUT2D eigenvalue weighted by atomic mass is 10.1. The lowest BCUT2D eigenvalue weighted by Gasteiger charge is -2.30. The maximum Gasteiger partial charge on any atom is 0.146 e. The van der Waals surface area contributed by atoms with Gasteiger partial charge in [0.1, 0.15) is 5.82 Å². The summed E-state index contributed by atoms with van der Waals surface area (Å²) in [4.78, 5) is 4.50. The van der Waals surface area contributed by atoms with Crippen LogP contribution in [0.25, 0.3) is 0 Å². The first-order valence-corrected chi connectivity index (χ1v) is 7.05. The minimum absolute atomic E-state index is 0.123. The Morgan fingerprint density at radius 2 is 2.16 bits per heavy atom. The summed E-state index contributed by atoms with van der Waals surface area (Å²) in [7, 11) is 2.13. The number of halogens is 1. The first-order valence-electron chi connectivity index (χ1n) is 7.05. The first kappa shape index (κ1) is 14.3. The molecule has 106 valence electrons. The van der Waals surface area contributed by atoms with Gasteiger partial charge in [0, 0.05) is 19.1 Å². The lowest BCUT2D eigenvalue weighted by Crippen LogP contribution is -2.38. The van der Waals surface area contributed by atoms with Crippen molar-refractivity contribution in [2.24, 2.45) is 5.73 Å². The van der Waals surface area contributed by atoms with Gasteiger partial charge in [-0.1, -0.05) is 6.07 Å². The number of nitrogens with zero attached hydrogens (tertiary/aromatic N) is 2. The van der Waals surface area contributed by atoms with Gasteiger partial charge in [-0.2, -0.15) is 0 Å². The molecule has 0 saturated carbocycles. The zero-order valence-electron chi connectivity index (χ0n) is 11.9. The van der Waals surface area contributed by atoms with Crippen molar-refractivity contribution in [2.75, 3.05) is 38.1 Å². The Bertz CT molecular complexity index is 422. The molecule has 1 atom stereocenters. The number of hydrogen-bond donors (Lipinski definition) is 1. The molecule has 0 spiro atoms. The molecule has 0 bridgehead atoms. The Labute approximate surface area is 115 Å². The molecule has 4 heteroatoms. The standard InChI is InChI=1S/C15H24FN3/c1-12-11-18(2)8-3-9-19(12)15-5-4-13(6-7-17)10-14(15)16/h4-5,10,12H,3,6-9,11,17H2,1-2H3. The van der Waals surface area contributed by atoms with Gasteiger partial charge < -0.3 is 15.5 Å². The SMILES string of the molecule is CC1CN(C)CCCN1c1ccc(CCN)cc1F. The second-order valence-corrected chi connectivity index (χ2v) is 5.48. The van der Waals surface area contributed by atoms with Crippen molar-refractivity contribution < 1.29 is 4.39 Å². The normalized spacial score (nSPS) is 21.5. The molecule has 1 saturated heterocycles. The van der Waals surface area contributed by atoms with Crippen molar-refractivity contribution in [1.82, 2.24) is 4.90 Å².